The van der Waals surface area contributed by atoms with Crippen LogP contribution < -0.4 is 29.7 Å². The number of hydrogen-bond acceptors (Lipinski definition) is 7. The van der Waals surface area contributed by atoms with Crippen LogP contribution in [0.1, 0.15) is 48.5 Å². The van der Waals surface area contributed by atoms with E-state index in [4.69, 9.17) is 14.2 Å². The predicted octanol–water partition coefficient (Wildman–Crippen LogP) is 4.58. The number of thiophene rings is 1. The Hall–Kier alpha value is -4.05. The summed E-state index contributed by atoms with van der Waals surface area (Å²) < 4.78 is 16.4. The van der Waals surface area contributed by atoms with E-state index in [1.54, 1.807) is 60.0 Å². The molecular weight excluding hydrogens is 518 g/mol. The van der Waals surface area contributed by atoms with Crippen LogP contribution in [0.2, 0.25) is 0 Å². The zero-order valence-electron chi connectivity index (χ0n) is 23.1. The molecular formula is C29H35N3O6S. The highest BCUT2D eigenvalue weighted by molar-refractivity contribution is 7.12. The van der Waals surface area contributed by atoms with Gasteiger partial charge in [-0.15, -0.1) is 11.3 Å². The molecule has 0 aliphatic rings. The minimum atomic E-state index is -1.13. The Labute approximate surface area is 233 Å². The van der Waals surface area contributed by atoms with Gasteiger partial charge >= 0.3 is 0 Å². The van der Waals surface area contributed by atoms with Gasteiger partial charge in [-0.1, -0.05) is 25.1 Å². The van der Waals surface area contributed by atoms with Crippen molar-refractivity contribution in [2.45, 2.75) is 38.8 Å². The SMILES string of the molecule is CCC(C)(C)NC(=O)[C@H](c1cccc(OC)c1)N(C(=O)CNC(=O)c1cccs1)c1cc(OC)ccc1OC. The predicted molar refractivity (Wildman–Crippen MR) is 152 cm³/mol. The van der Waals surface area contributed by atoms with Crippen molar-refractivity contribution in [3.8, 4) is 17.2 Å². The van der Waals surface area contributed by atoms with E-state index in [0.29, 0.717) is 39.8 Å². The first-order valence-corrected chi connectivity index (χ1v) is 13.3. The van der Waals surface area contributed by atoms with E-state index < -0.39 is 23.4 Å². The number of benzene rings is 2. The van der Waals surface area contributed by atoms with Gasteiger partial charge in [0.15, 0.2) is 0 Å². The van der Waals surface area contributed by atoms with Crippen molar-refractivity contribution in [2.75, 3.05) is 32.8 Å². The first kappa shape index (κ1) is 29.5. The molecule has 0 bridgehead atoms. The molecule has 3 amide bonds. The van der Waals surface area contributed by atoms with E-state index in [0.717, 1.165) is 0 Å². The summed E-state index contributed by atoms with van der Waals surface area (Å²) in [6.07, 6.45) is 0.664. The first-order valence-electron chi connectivity index (χ1n) is 12.5. The normalized spacial score (nSPS) is 11.7. The standard InChI is InChI=1S/C29H35N3O6S/c1-7-29(2,3)31-28(35)26(19-10-8-11-20(16-19)36-4)32(22-17-21(37-5)13-14-23(22)38-6)25(33)18-30-27(34)24-12-9-15-39-24/h8-17,26H,7,18H2,1-6H3,(H,30,34)(H,31,35)/t26-/m0/s1. The van der Waals surface area contributed by atoms with Gasteiger partial charge in [0.2, 0.25) is 11.8 Å². The summed E-state index contributed by atoms with van der Waals surface area (Å²) in [5.74, 6) is 0.0252. The molecule has 1 aromatic heterocycles. The van der Waals surface area contributed by atoms with Gasteiger partial charge in [-0.2, -0.15) is 0 Å². The highest BCUT2D eigenvalue weighted by Gasteiger charge is 2.37. The van der Waals surface area contributed by atoms with Gasteiger partial charge in [0, 0.05) is 11.6 Å². The molecule has 0 spiro atoms. The summed E-state index contributed by atoms with van der Waals surface area (Å²) in [5.41, 5.74) is 0.278. The van der Waals surface area contributed by atoms with Crippen molar-refractivity contribution in [1.29, 1.82) is 0 Å². The molecule has 1 atom stereocenters. The molecule has 9 nitrogen and oxygen atoms in total. The highest BCUT2D eigenvalue weighted by Crippen LogP contribution is 2.38. The molecule has 10 heteroatoms. The number of methoxy groups -OCH3 is 3. The van der Waals surface area contributed by atoms with Crippen molar-refractivity contribution >= 4 is 34.7 Å². The third kappa shape index (κ3) is 7.29. The quantitative estimate of drug-likeness (QED) is 0.340. The molecule has 208 valence electrons. The van der Waals surface area contributed by atoms with Crippen LogP contribution in [0.3, 0.4) is 0 Å². The zero-order chi connectivity index (χ0) is 28.6. The molecule has 2 N–H and O–H groups in total. The number of hydrogen-bond donors (Lipinski definition) is 2. The van der Waals surface area contributed by atoms with Crippen LogP contribution in [-0.2, 0) is 9.59 Å². The van der Waals surface area contributed by atoms with Crippen molar-refractivity contribution in [3.63, 3.8) is 0 Å². The Balaban J connectivity index is 2.16. The van der Waals surface area contributed by atoms with Crippen LogP contribution in [0.4, 0.5) is 5.69 Å². The molecule has 0 unspecified atom stereocenters. The van der Waals surface area contributed by atoms with Crippen LogP contribution in [-0.4, -0.2) is 51.1 Å². The fourth-order valence-corrected chi connectivity index (χ4v) is 4.50. The molecule has 0 fully saturated rings. The van der Waals surface area contributed by atoms with E-state index in [9.17, 15) is 14.4 Å². The van der Waals surface area contributed by atoms with Gasteiger partial charge in [0.25, 0.3) is 5.91 Å². The van der Waals surface area contributed by atoms with E-state index in [-0.39, 0.29) is 12.5 Å². The van der Waals surface area contributed by atoms with Crippen LogP contribution >= 0.6 is 11.3 Å². The lowest BCUT2D eigenvalue weighted by atomic mass is 9.98. The Morgan fingerprint density at radius 1 is 0.949 bits per heavy atom. The number of ether oxygens (including phenoxy) is 3. The maximum atomic E-state index is 14.0. The lowest BCUT2D eigenvalue weighted by molar-refractivity contribution is -0.127. The summed E-state index contributed by atoms with van der Waals surface area (Å²) in [6.45, 7) is 5.43. The van der Waals surface area contributed by atoms with Crippen molar-refractivity contribution in [3.05, 3.63) is 70.4 Å². The van der Waals surface area contributed by atoms with E-state index in [2.05, 4.69) is 10.6 Å². The topological polar surface area (TPSA) is 106 Å². The summed E-state index contributed by atoms with van der Waals surface area (Å²) in [6, 6.07) is 14.3. The Kier molecular flexibility index (Phi) is 9.95. The molecule has 3 aromatic rings. The van der Waals surface area contributed by atoms with Gasteiger partial charge in [0.05, 0.1) is 38.4 Å². The second-order valence-electron chi connectivity index (χ2n) is 9.37. The number of carbonyl (C=O) groups is 3. The maximum absolute atomic E-state index is 14.0. The monoisotopic (exact) mass is 553 g/mol. The lowest BCUT2D eigenvalue weighted by Gasteiger charge is -2.35. The Morgan fingerprint density at radius 2 is 1.67 bits per heavy atom. The molecule has 1 heterocycles. The fraction of sp³-hybridized carbons (Fsp3) is 0.345. The van der Waals surface area contributed by atoms with Crippen molar-refractivity contribution in [2.24, 2.45) is 0 Å². The molecule has 3 rings (SSSR count). The van der Waals surface area contributed by atoms with Crippen LogP contribution in [0.25, 0.3) is 0 Å². The van der Waals surface area contributed by atoms with Crippen molar-refractivity contribution < 1.29 is 28.6 Å². The van der Waals surface area contributed by atoms with Gasteiger partial charge in [-0.05, 0) is 61.5 Å². The fourth-order valence-electron chi connectivity index (χ4n) is 3.86. The van der Waals surface area contributed by atoms with Crippen LogP contribution in [0.15, 0.2) is 60.0 Å². The van der Waals surface area contributed by atoms with Gasteiger partial charge in [-0.25, -0.2) is 0 Å². The first-order chi connectivity index (χ1) is 18.6. The molecule has 2 aromatic carbocycles. The summed E-state index contributed by atoms with van der Waals surface area (Å²) >= 11 is 1.27. The Bertz CT molecular complexity index is 1290. The molecule has 0 radical (unpaired) electrons. The minimum Gasteiger partial charge on any atom is -0.497 e. The third-order valence-corrected chi connectivity index (χ3v) is 7.19. The molecule has 39 heavy (non-hydrogen) atoms. The molecule has 0 saturated carbocycles. The number of nitrogens with one attached hydrogen (secondary N) is 2. The summed E-state index contributed by atoms with van der Waals surface area (Å²) in [5, 5.41) is 7.53. The van der Waals surface area contributed by atoms with Crippen LogP contribution in [0.5, 0.6) is 17.2 Å². The minimum absolute atomic E-state index is 0.310. The number of carbonyl (C=O) groups excluding carboxylic acids is 3. The average Bonchev–Trinajstić information content (AvgIpc) is 3.49. The lowest BCUT2D eigenvalue weighted by Crippen LogP contribution is -2.52. The third-order valence-electron chi connectivity index (χ3n) is 6.32. The highest BCUT2D eigenvalue weighted by atomic mass is 32.1. The number of rotatable bonds is 12. The maximum Gasteiger partial charge on any atom is 0.261 e. The Morgan fingerprint density at radius 3 is 2.28 bits per heavy atom. The second-order valence-corrected chi connectivity index (χ2v) is 10.3. The second kappa shape index (κ2) is 13.1. The van der Waals surface area contributed by atoms with Gasteiger partial charge in [-0.3, -0.25) is 19.3 Å². The number of anilines is 1. The average molecular weight is 554 g/mol. The molecule has 0 aliphatic carbocycles. The smallest absolute Gasteiger partial charge is 0.261 e. The number of nitrogens with zero attached hydrogens (tertiary/aromatic N) is 1. The van der Waals surface area contributed by atoms with E-state index >= 15 is 0 Å². The molecule has 0 saturated heterocycles. The summed E-state index contributed by atoms with van der Waals surface area (Å²) in [7, 11) is 4.52. The van der Waals surface area contributed by atoms with Gasteiger partial charge in [0.1, 0.15) is 23.3 Å². The largest absolute Gasteiger partial charge is 0.497 e. The van der Waals surface area contributed by atoms with Gasteiger partial charge < -0.3 is 24.8 Å². The molecule has 0 aliphatic heterocycles. The summed E-state index contributed by atoms with van der Waals surface area (Å²) in [4.78, 5) is 42.5. The van der Waals surface area contributed by atoms with E-state index in [1.165, 1.54) is 37.6 Å². The van der Waals surface area contributed by atoms with Crippen molar-refractivity contribution in [1.82, 2.24) is 10.6 Å². The number of amides is 3. The zero-order valence-corrected chi connectivity index (χ0v) is 23.9. The van der Waals surface area contributed by atoms with Crippen LogP contribution in [0, 0.1) is 0 Å². The van der Waals surface area contributed by atoms with E-state index in [1.807, 2.05) is 20.8 Å².